The quantitative estimate of drug-likeness (QED) is 0.164. The van der Waals surface area contributed by atoms with E-state index >= 15 is 0 Å². The van der Waals surface area contributed by atoms with Crippen LogP contribution in [0.1, 0.15) is 140 Å². The summed E-state index contributed by atoms with van der Waals surface area (Å²) < 4.78 is 58.0. The zero-order chi connectivity index (χ0) is 65.2. The molecule has 0 atom stereocenters. The second kappa shape index (κ2) is 39.8. The van der Waals surface area contributed by atoms with Crippen LogP contribution in [0.2, 0.25) is 0 Å². The van der Waals surface area contributed by atoms with Gasteiger partial charge >= 0.3 is 6.18 Å². The van der Waals surface area contributed by atoms with Crippen molar-refractivity contribution in [3.8, 4) is 11.5 Å². The minimum Gasteiger partial charge on any atom is -0.497 e. The Labute approximate surface area is 518 Å². The molecule has 6 heteroatoms. The predicted molar refractivity (Wildman–Crippen MR) is 365 cm³/mol. The fourth-order valence-electron chi connectivity index (χ4n) is 8.20. The van der Waals surface area contributed by atoms with Gasteiger partial charge < -0.3 is 9.47 Å². The van der Waals surface area contributed by atoms with Gasteiger partial charge in [0.1, 0.15) is 17.3 Å². The zero-order valence-electron chi connectivity index (χ0n) is 56.2. The lowest BCUT2D eigenvalue weighted by Gasteiger charge is -2.19. The fraction of sp³-hybridized carbons (Fsp3) is 0.325. The highest BCUT2D eigenvalue weighted by atomic mass is 19.4. The lowest BCUT2D eigenvalue weighted by Crippen LogP contribution is -2.10. The Morgan fingerprint density at radius 2 is 0.651 bits per heavy atom. The molecule has 0 radical (unpaired) electrons. The molecule has 0 heterocycles. The Balaban J connectivity index is 0.000000485. The van der Waals surface area contributed by atoms with Crippen molar-refractivity contribution >= 4 is 0 Å². The van der Waals surface area contributed by atoms with E-state index < -0.39 is 11.7 Å². The summed E-state index contributed by atoms with van der Waals surface area (Å²) in [6.07, 6.45) is -1.93. The van der Waals surface area contributed by atoms with E-state index in [1.165, 1.54) is 108 Å². The summed E-state index contributed by atoms with van der Waals surface area (Å²) in [5.41, 5.74) is 23.2. The molecule has 0 saturated heterocycles. The molecule has 0 unspecified atom stereocenters. The second-order valence-corrected chi connectivity index (χ2v) is 23.2. The first kappa shape index (κ1) is 76.3. The van der Waals surface area contributed by atoms with E-state index in [1.807, 2.05) is 38.1 Å². The Morgan fingerprint density at radius 1 is 0.302 bits per heavy atom. The maximum absolute atomic E-state index is 12.2. The first-order valence-electron chi connectivity index (χ1n) is 29.6. The van der Waals surface area contributed by atoms with E-state index in [1.54, 1.807) is 27.2 Å². The minimum atomic E-state index is -4.21. The van der Waals surface area contributed by atoms with Crippen LogP contribution < -0.4 is 9.47 Å². The summed E-state index contributed by atoms with van der Waals surface area (Å²) >= 11 is 0. The number of hydrogen-bond donors (Lipinski definition) is 0. The lowest BCUT2D eigenvalue weighted by molar-refractivity contribution is -0.137. The maximum atomic E-state index is 12.2. The van der Waals surface area contributed by atoms with Gasteiger partial charge in [0.2, 0.25) is 0 Å². The van der Waals surface area contributed by atoms with Crippen LogP contribution in [-0.4, -0.2) is 14.2 Å². The van der Waals surface area contributed by atoms with Crippen LogP contribution in [0.3, 0.4) is 0 Å². The summed E-state index contributed by atoms with van der Waals surface area (Å²) in [6, 6.07) is 62.8. The molecule has 0 N–H and O–H groups in total. The van der Waals surface area contributed by atoms with Crippen molar-refractivity contribution in [2.75, 3.05) is 14.2 Å². The van der Waals surface area contributed by atoms with E-state index in [4.69, 9.17) is 9.47 Å². The lowest BCUT2D eigenvalue weighted by atomic mass is 9.86. The van der Waals surface area contributed by atoms with Crippen molar-refractivity contribution < 1.29 is 27.0 Å². The van der Waals surface area contributed by atoms with Gasteiger partial charge in [-0.25, -0.2) is 4.39 Å². The van der Waals surface area contributed by atoms with Crippen LogP contribution >= 0.6 is 0 Å². The highest BCUT2D eigenvalue weighted by Gasteiger charge is 2.29. The largest absolute Gasteiger partial charge is 0.497 e. The smallest absolute Gasteiger partial charge is 0.416 e. The molecule has 0 aliphatic heterocycles. The van der Waals surface area contributed by atoms with Crippen molar-refractivity contribution in [2.45, 2.75) is 163 Å². The number of rotatable bonds is 4. The molecule has 0 amide bonds. The number of methoxy groups -OCH3 is 2. The van der Waals surface area contributed by atoms with Gasteiger partial charge in [-0.3, -0.25) is 0 Å². The third kappa shape index (κ3) is 34.3. The van der Waals surface area contributed by atoms with E-state index in [0.717, 1.165) is 53.2 Å². The van der Waals surface area contributed by atoms with Gasteiger partial charge in [0.15, 0.2) is 0 Å². The van der Waals surface area contributed by atoms with Gasteiger partial charge in [0.25, 0.3) is 0 Å². The summed E-state index contributed by atoms with van der Waals surface area (Å²) in [5, 5.41) is 0. The number of alkyl halides is 3. The average Bonchev–Trinajstić information content (AvgIpc) is 3.66. The zero-order valence-corrected chi connectivity index (χ0v) is 56.2. The number of aryl methyl sites for hydroxylation is 17. The Bertz CT molecular complexity index is 3170. The monoisotopic (exact) mass is 1170 g/mol. The summed E-state index contributed by atoms with van der Waals surface area (Å²) in [7, 11) is 3.29. The molecular formula is C80H102F4O2. The molecule has 0 saturated carbocycles. The molecule has 86 heavy (non-hydrogen) atoms. The SMILES string of the molecule is CCc1cc(C)cc(C)c1.CCc1cccc(C)c1.COc1cc(C)cc(OC)c1.Cc1ccc(C(F)(F)F)cc1.Cc1ccc(C)c(C)c1.Cc1ccc(C)c(C)c1.Cc1cccc(C(C)(C)C)c1.Cc1cccc(C)c1.Cc1cccc(F)c1. The van der Waals surface area contributed by atoms with E-state index in [9.17, 15) is 17.6 Å². The van der Waals surface area contributed by atoms with Gasteiger partial charge in [-0.15, -0.1) is 0 Å². The molecule has 2 nitrogen and oxygen atoms in total. The molecule has 9 rings (SSSR count). The summed E-state index contributed by atoms with van der Waals surface area (Å²) in [6.45, 7) is 42.2. The van der Waals surface area contributed by atoms with Crippen LogP contribution in [-0.2, 0) is 24.4 Å². The van der Waals surface area contributed by atoms with Crippen LogP contribution in [0.25, 0.3) is 0 Å². The molecule has 9 aromatic carbocycles. The number of ether oxygens (including phenoxy) is 2. The maximum Gasteiger partial charge on any atom is 0.416 e. The van der Waals surface area contributed by atoms with Gasteiger partial charge in [-0.1, -0.05) is 236 Å². The molecule has 0 spiro atoms. The van der Waals surface area contributed by atoms with Crippen molar-refractivity contribution in [3.63, 3.8) is 0 Å². The number of hydrogen-bond acceptors (Lipinski definition) is 2. The Kier molecular flexibility index (Phi) is 35.3. The Morgan fingerprint density at radius 3 is 0.953 bits per heavy atom. The number of benzene rings is 9. The molecule has 9 aromatic rings. The third-order valence-electron chi connectivity index (χ3n) is 13.4. The normalized spacial score (nSPS) is 10.1. The van der Waals surface area contributed by atoms with Crippen LogP contribution in [0.15, 0.2) is 194 Å². The molecule has 462 valence electrons. The van der Waals surface area contributed by atoms with Gasteiger partial charge in [-0.2, -0.15) is 13.2 Å². The van der Waals surface area contributed by atoms with Gasteiger partial charge in [0.05, 0.1) is 19.8 Å². The molecule has 0 aliphatic carbocycles. The molecule has 0 aliphatic rings. The van der Waals surface area contributed by atoms with E-state index in [0.29, 0.717) is 0 Å². The molecular weight excluding hydrogens is 1070 g/mol. The highest BCUT2D eigenvalue weighted by molar-refractivity contribution is 5.38. The number of halogens is 4. The average molecular weight is 1170 g/mol. The van der Waals surface area contributed by atoms with Crippen LogP contribution in [0.4, 0.5) is 17.6 Å². The first-order valence-corrected chi connectivity index (χ1v) is 29.6. The Hall–Kier alpha value is -7.70. The summed E-state index contributed by atoms with van der Waals surface area (Å²) in [5.74, 6) is 1.51. The first-order chi connectivity index (χ1) is 40.3. The second-order valence-electron chi connectivity index (χ2n) is 23.2. The minimum absolute atomic E-state index is 0.162. The topological polar surface area (TPSA) is 18.5 Å². The van der Waals surface area contributed by atoms with Gasteiger partial charge in [0, 0.05) is 6.07 Å². The molecule has 0 aromatic heterocycles. The molecule has 0 fully saturated rings. The highest BCUT2D eigenvalue weighted by Crippen LogP contribution is 2.29. The van der Waals surface area contributed by atoms with Gasteiger partial charge in [-0.05, 0) is 209 Å². The van der Waals surface area contributed by atoms with E-state index in [-0.39, 0.29) is 11.2 Å². The van der Waals surface area contributed by atoms with Crippen molar-refractivity contribution in [1.29, 1.82) is 0 Å². The predicted octanol–water partition coefficient (Wildman–Crippen LogP) is 23.4. The van der Waals surface area contributed by atoms with Crippen molar-refractivity contribution in [1.82, 2.24) is 0 Å². The molecule has 0 bridgehead atoms. The van der Waals surface area contributed by atoms with Crippen molar-refractivity contribution in [3.05, 3.63) is 306 Å². The fourth-order valence-corrected chi connectivity index (χ4v) is 8.20. The summed E-state index contributed by atoms with van der Waals surface area (Å²) in [4.78, 5) is 0. The van der Waals surface area contributed by atoms with Crippen LogP contribution in [0.5, 0.6) is 11.5 Å². The third-order valence-corrected chi connectivity index (χ3v) is 13.4. The van der Waals surface area contributed by atoms with E-state index in [2.05, 4.69) is 245 Å². The van der Waals surface area contributed by atoms with Crippen LogP contribution in [0, 0.1) is 110 Å². The van der Waals surface area contributed by atoms with Crippen molar-refractivity contribution in [2.24, 2.45) is 0 Å². The standard InChI is InChI=1S/C11H16.C10H14.C9H12O2.3C9H12.C8H7F3.C8H10.C7H7F/c1-9-6-5-7-10(8-9)11(2,3)4;1-4-10-6-8(2)5-9(3)7-10;1-7-4-8(10-2)6-9(5-7)11-3;2*1-7-4-5-8(2)9(3)6-7;1-3-9-6-4-5-8(2)7-9;1-6-2-4-7(5-3-6)8(9,10)11;1-7-4-3-5-8(2)6-7;1-6-3-2-4-7(8)5-6/h5-8H,1-4H3;5-7H,4H2,1-3H3;4-6H,1-3H3;2*4-6H,1-3H3;4-7H,3H2,1-2H3;2-5H,1H3;3-6H,1-2H3;2-5H,1H3.